The first-order valence-corrected chi connectivity index (χ1v) is 11.3. The molecule has 3 aliphatic rings. The minimum atomic E-state index is -4.86. The quantitative estimate of drug-likeness (QED) is 0.306. The average molecular weight is 461 g/mol. The Morgan fingerprint density at radius 3 is 2.48 bits per heavy atom. The zero-order valence-corrected chi connectivity index (χ0v) is 18.3. The van der Waals surface area contributed by atoms with Crippen molar-refractivity contribution in [2.24, 2.45) is 5.92 Å². The number of nitrogens with one attached hydrogen (secondary N) is 2. The van der Waals surface area contributed by atoms with Gasteiger partial charge >= 0.3 is 22.5 Å². The number of urea groups is 1. The van der Waals surface area contributed by atoms with Crippen LogP contribution in [0.15, 0.2) is 0 Å². The third-order valence-corrected chi connectivity index (χ3v) is 5.65. The number of hydrogen-bond acceptors (Lipinski definition) is 8. The largest absolute Gasteiger partial charge is 0.444 e. The molecule has 3 N–H and O–H groups in total. The molecule has 0 aromatic rings. The predicted octanol–water partition coefficient (Wildman–Crippen LogP) is 0.340. The second-order valence-electron chi connectivity index (χ2n) is 8.82. The molecule has 0 aliphatic carbocycles. The zero-order valence-electron chi connectivity index (χ0n) is 17.5. The van der Waals surface area contributed by atoms with Gasteiger partial charge < -0.3 is 19.9 Å². The summed E-state index contributed by atoms with van der Waals surface area (Å²) in [4.78, 5) is 39.9. The number of fused-ring (bicyclic) bond motifs is 2. The van der Waals surface area contributed by atoms with Crippen LogP contribution in [0.5, 0.6) is 0 Å². The van der Waals surface area contributed by atoms with E-state index in [0.717, 1.165) is 0 Å². The van der Waals surface area contributed by atoms with Crippen molar-refractivity contribution in [3.8, 4) is 0 Å². The Balaban J connectivity index is 1.56. The van der Waals surface area contributed by atoms with E-state index in [1.807, 2.05) is 0 Å². The smallest absolute Gasteiger partial charge is 0.418 e. The fourth-order valence-electron chi connectivity index (χ4n) is 3.92. The van der Waals surface area contributed by atoms with Gasteiger partial charge in [-0.05, 0) is 40.0 Å². The van der Waals surface area contributed by atoms with Crippen LogP contribution in [-0.4, -0.2) is 89.0 Å². The van der Waals surface area contributed by atoms with Gasteiger partial charge in [0.2, 0.25) is 5.91 Å². The van der Waals surface area contributed by atoms with Crippen LogP contribution in [0.3, 0.4) is 0 Å². The van der Waals surface area contributed by atoms with E-state index in [0.29, 0.717) is 30.9 Å². The number of hydrogen-bond donors (Lipinski definition) is 3. The van der Waals surface area contributed by atoms with E-state index in [1.54, 1.807) is 20.8 Å². The maximum atomic E-state index is 12.6. The molecule has 3 fully saturated rings. The monoisotopic (exact) mass is 461 g/mol. The summed E-state index contributed by atoms with van der Waals surface area (Å²) >= 11 is 0. The van der Waals surface area contributed by atoms with Gasteiger partial charge in [-0.15, -0.1) is 4.28 Å². The van der Waals surface area contributed by atoms with E-state index >= 15 is 0 Å². The highest BCUT2D eigenvalue weighted by Gasteiger charge is 2.48. The fourth-order valence-corrected chi connectivity index (χ4v) is 4.30. The molecular formula is C17H27N5O8S. The third kappa shape index (κ3) is 5.43. The Labute approximate surface area is 180 Å². The molecular weight excluding hydrogens is 434 g/mol. The minimum absolute atomic E-state index is 0.104. The molecule has 174 valence electrons. The Morgan fingerprint density at radius 2 is 1.87 bits per heavy atom. The molecule has 4 amide bonds. The van der Waals surface area contributed by atoms with Crippen molar-refractivity contribution in [2.75, 3.05) is 19.6 Å². The number of hydroxylamine groups is 2. The summed E-state index contributed by atoms with van der Waals surface area (Å²) in [6.45, 7) is 5.89. The molecule has 1 unspecified atom stereocenters. The third-order valence-electron chi connectivity index (χ3n) is 5.30. The van der Waals surface area contributed by atoms with Gasteiger partial charge in [-0.1, -0.05) is 0 Å². The first-order valence-electron chi connectivity index (χ1n) is 9.89. The molecule has 3 aliphatic heterocycles. The number of rotatable bonds is 4. The van der Waals surface area contributed by atoms with Gasteiger partial charge in [-0.25, -0.2) is 9.59 Å². The molecule has 3 atom stereocenters. The van der Waals surface area contributed by atoms with Crippen LogP contribution < -0.4 is 5.32 Å². The van der Waals surface area contributed by atoms with E-state index in [4.69, 9.17) is 14.7 Å². The molecule has 14 heteroatoms. The number of carbonyl (C=O) groups is 3. The average Bonchev–Trinajstić information content (AvgIpc) is 3.20. The number of ether oxygens (including phenoxy) is 1. The molecule has 0 radical (unpaired) electrons. The SMILES string of the molecule is CC(C)(C)OC(=O)N1CCC(C(=O)NC(=N)[C@@H]2CC[C@@H]3CN2C(=O)N3OS(=O)(=O)O)C1. The lowest BCUT2D eigenvalue weighted by Crippen LogP contribution is -2.52. The van der Waals surface area contributed by atoms with Crippen LogP contribution in [0.25, 0.3) is 0 Å². The van der Waals surface area contributed by atoms with Gasteiger partial charge in [-0.2, -0.15) is 13.5 Å². The topological polar surface area (TPSA) is 170 Å². The molecule has 0 saturated carbocycles. The van der Waals surface area contributed by atoms with Gasteiger partial charge in [0, 0.05) is 19.6 Å². The molecule has 0 aromatic heterocycles. The number of piperidine rings is 1. The van der Waals surface area contributed by atoms with Gasteiger partial charge in [0.15, 0.2) is 0 Å². The van der Waals surface area contributed by atoms with Crippen LogP contribution >= 0.6 is 0 Å². The number of amides is 4. The summed E-state index contributed by atoms with van der Waals surface area (Å²) in [5.41, 5.74) is -0.645. The van der Waals surface area contributed by atoms with Crippen LogP contribution in [0.1, 0.15) is 40.0 Å². The van der Waals surface area contributed by atoms with E-state index in [1.165, 1.54) is 9.80 Å². The normalized spacial score (nSPS) is 26.3. The summed E-state index contributed by atoms with van der Waals surface area (Å²) in [5.74, 6) is -1.14. The molecule has 13 nitrogen and oxygen atoms in total. The second kappa shape index (κ2) is 8.24. The Morgan fingerprint density at radius 1 is 1.19 bits per heavy atom. The first-order chi connectivity index (χ1) is 14.2. The van der Waals surface area contributed by atoms with Gasteiger partial charge in [-0.3, -0.25) is 14.8 Å². The van der Waals surface area contributed by atoms with E-state index in [2.05, 4.69) is 9.60 Å². The standard InChI is InChI=1S/C17H27N5O8S/c1-17(2,3)29-16(25)20-7-6-10(8-20)14(23)19-13(18)12-5-4-11-9-21(12)15(24)22(11)30-31(26,27)28/h10-12H,4-9H2,1-3H3,(H2,18,19,23)(H,26,27,28)/t10?,11-,12+/m1/s1. The minimum Gasteiger partial charge on any atom is -0.444 e. The first kappa shape index (κ1) is 23.2. The Bertz CT molecular complexity index is 885. The van der Waals surface area contributed by atoms with Gasteiger partial charge in [0.05, 0.1) is 18.0 Å². The molecule has 0 spiro atoms. The lowest BCUT2D eigenvalue weighted by atomic mass is 9.99. The van der Waals surface area contributed by atoms with Crippen molar-refractivity contribution in [1.82, 2.24) is 20.2 Å². The van der Waals surface area contributed by atoms with Crippen molar-refractivity contribution in [3.05, 3.63) is 0 Å². The van der Waals surface area contributed by atoms with Gasteiger partial charge in [0.1, 0.15) is 11.4 Å². The van der Waals surface area contributed by atoms with Crippen molar-refractivity contribution >= 4 is 34.3 Å². The molecule has 3 rings (SSSR count). The van der Waals surface area contributed by atoms with Crippen LogP contribution in [-0.2, 0) is 24.2 Å². The van der Waals surface area contributed by atoms with Crippen molar-refractivity contribution in [1.29, 1.82) is 5.41 Å². The summed E-state index contributed by atoms with van der Waals surface area (Å²) in [6, 6.07) is -2.14. The molecule has 2 bridgehead atoms. The highest BCUT2D eigenvalue weighted by Crippen LogP contribution is 2.31. The Kier molecular flexibility index (Phi) is 6.17. The molecule has 31 heavy (non-hydrogen) atoms. The number of nitrogens with zero attached hydrogens (tertiary/aromatic N) is 3. The second-order valence-corrected chi connectivity index (χ2v) is 9.83. The highest BCUT2D eigenvalue weighted by molar-refractivity contribution is 7.80. The highest BCUT2D eigenvalue weighted by atomic mass is 32.3. The molecule has 0 aromatic carbocycles. The number of carbonyl (C=O) groups excluding carboxylic acids is 3. The van der Waals surface area contributed by atoms with Crippen molar-refractivity contribution in [2.45, 2.75) is 57.7 Å². The summed E-state index contributed by atoms with van der Waals surface area (Å²) in [5, 5.41) is 11.4. The lowest BCUT2D eigenvalue weighted by molar-refractivity contribution is -0.123. The predicted molar refractivity (Wildman–Crippen MR) is 105 cm³/mol. The molecule has 3 saturated heterocycles. The zero-order chi connectivity index (χ0) is 23.1. The van der Waals surface area contributed by atoms with Crippen molar-refractivity contribution in [3.63, 3.8) is 0 Å². The van der Waals surface area contributed by atoms with E-state index in [-0.39, 0.29) is 18.9 Å². The lowest BCUT2D eigenvalue weighted by Gasteiger charge is -2.31. The van der Waals surface area contributed by atoms with E-state index in [9.17, 15) is 22.8 Å². The van der Waals surface area contributed by atoms with Crippen molar-refractivity contribution < 1.29 is 36.4 Å². The molecule has 3 heterocycles. The fraction of sp³-hybridized carbons (Fsp3) is 0.765. The van der Waals surface area contributed by atoms with Crippen LogP contribution in [0.4, 0.5) is 9.59 Å². The summed E-state index contributed by atoms with van der Waals surface area (Å²) in [7, 11) is -4.86. The summed E-state index contributed by atoms with van der Waals surface area (Å²) < 4.78 is 40.4. The number of likely N-dealkylation sites (tertiary alicyclic amines) is 1. The van der Waals surface area contributed by atoms with E-state index < -0.39 is 52.0 Å². The number of amidine groups is 1. The van der Waals surface area contributed by atoms with Gasteiger partial charge in [0.25, 0.3) is 0 Å². The van der Waals surface area contributed by atoms with Crippen LogP contribution in [0, 0.1) is 11.3 Å². The summed E-state index contributed by atoms with van der Waals surface area (Å²) in [6.07, 6.45) is 0.563. The Hall–Kier alpha value is -2.45. The van der Waals surface area contributed by atoms with Crippen LogP contribution in [0.2, 0.25) is 0 Å². The maximum Gasteiger partial charge on any atom is 0.418 e. The maximum absolute atomic E-state index is 12.6.